The normalized spacial score (nSPS) is 11.3. The molecule has 1 amide bonds. The molecule has 0 aliphatic carbocycles. The van der Waals surface area contributed by atoms with Crippen LogP contribution in [0.25, 0.3) is 0 Å². The van der Waals surface area contributed by atoms with Crippen LogP contribution in [0.3, 0.4) is 0 Å². The van der Waals surface area contributed by atoms with Gasteiger partial charge in [0.05, 0.1) is 0 Å². The number of benzene rings is 1. The number of rotatable bonds is 6. The predicted molar refractivity (Wildman–Crippen MR) is 117 cm³/mol. The Kier molecular flexibility index (Phi) is 6.88. The monoisotopic (exact) mass is 403 g/mol. The summed E-state index contributed by atoms with van der Waals surface area (Å²) in [7, 11) is 3.60. The lowest BCUT2D eigenvalue weighted by Gasteiger charge is -2.28. The summed E-state index contributed by atoms with van der Waals surface area (Å²) in [5, 5.41) is 6.41. The number of aryl methyl sites for hydroxylation is 2. The molecule has 2 N–H and O–H groups in total. The summed E-state index contributed by atoms with van der Waals surface area (Å²) in [5.74, 6) is 1.81. The fraction of sp³-hybridized carbons (Fsp3) is 0.476. The van der Waals surface area contributed by atoms with Crippen molar-refractivity contribution in [2.45, 2.75) is 41.0 Å². The molecule has 0 aliphatic rings. The van der Waals surface area contributed by atoms with E-state index in [1.54, 1.807) is 19.2 Å². The first-order valence-corrected chi connectivity index (χ1v) is 9.80. The maximum absolute atomic E-state index is 12.0. The van der Waals surface area contributed by atoms with Crippen LogP contribution in [0.1, 0.15) is 49.4 Å². The topological polar surface area (TPSA) is 70.2 Å². The Morgan fingerprint density at radius 3 is 2.50 bits per heavy atom. The van der Waals surface area contributed by atoms with Crippen LogP contribution < -0.4 is 15.5 Å². The zero-order valence-corrected chi connectivity index (χ0v) is 18.5. The summed E-state index contributed by atoms with van der Waals surface area (Å²) >= 11 is 6.68. The molecule has 2 rings (SSSR count). The summed E-state index contributed by atoms with van der Waals surface area (Å²) in [4.78, 5) is 23.3. The maximum Gasteiger partial charge on any atom is 0.251 e. The standard InChI is InChI=1S/C21H30ClN5O/c1-8-16-25-18(17(22)19(26-16)27(7)12-21(3,4)5)24-15-11-14(20(28)23-6)10-9-13(15)2/h9-11H,8,12H2,1-7H3,(H,23,28)(H,24,25,26). The molecular formula is C21H30ClN5O. The van der Waals surface area contributed by atoms with Gasteiger partial charge in [0.15, 0.2) is 11.6 Å². The number of nitrogens with zero attached hydrogens (tertiary/aromatic N) is 3. The van der Waals surface area contributed by atoms with Crippen molar-refractivity contribution in [1.29, 1.82) is 0 Å². The first kappa shape index (κ1) is 22.0. The van der Waals surface area contributed by atoms with Crippen LogP contribution in [0, 0.1) is 12.3 Å². The van der Waals surface area contributed by atoms with Crippen molar-refractivity contribution in [2.75, 3.05) is 30.9 Å². The average molecular weight is 404 g/mol. The molecule has 1 aromatic carbocycles. The summed E-state index contributed by atoms with van der Waals surface area (Å²) in [6.07, 6.45) is 0.694. The molecule has 1 aromatic heterocycles. The van der Waals surface area contributed by atoms with Crippen LogP contribution in [-0.2, 0) is 6.42 Å². The summed E-state index contributed by atoms with van der Waals surface area (Å²) in [6.45, 7) is 11.3. The number of carbonyl (C=O) groups excluding carboxylic acids is 1. The van der Waals surface area contributed by atoms with Crippen molar-refractivity contribution < 1.29 is 4.79 Å². The van der Waals surface area contributed by atoms with Crippen molar-refractivity contribution >= 4 is 34.8 Å². The molecule has 0 saturated carbocycles. The summed E-state index contributed by atoms with van der Waals surface area (Å²) < 4.78 is 0. The molecule has 7 heteroatoms. The Balaban J connectivity index is 2.46. The van der Waals surface area contributed by atoms with Crippen LogP contribution >= 0.6 is 11.6 Å². The Morgan fingerprint density at radius 1 is 1.25 bits per heavy atom. The van der Waals surface area contributed by atoms with Crippen LogP contribution in [0.2, 0.25) is 5.02 Å². The minimum absolute atomic E-state index is 0.0986. The smallest absolute Gasteiger partial charge is 0.251 e. The number of hydrogen-bond acceptors (Lipinski definition) is 5. The Bertz CT molecular complexity index is 861. The van der Waals surface area contributed by atoms with E-state index in [-0.39, 0.29) is 11.3 Å². The van der Waals surface area contributed by atoms with E-state index in [0.717, 1.165) is 17.8 Å². The third-order valence-corrected chi connectivity index (χ3v) is 4.60. The van der Waals surface area contributed by atoms with E-state index in [1.807, 2.05) is 27.0 Å². The fourth-order valence-corrected chi connectivity index (χ4v) is 3.21. The molecule has 28 heavy (non-hydrogen) atoms. The first-order valence-electron chi connectivity index (χ1n) is 9.43. The Hall–Kier alpha value is -2.34. The van der Waals surface area contributed by atoms with Gasteiger partial charge in [0.25, 0.3) is 5.91 Å². The highest BCUT2D eigenvalue weighted by atomic mass is 35.5. The number of hydrogen-bond donors (Lipinski definition) is 2. The fourth-order valence-electron chi connectivity index (χ4n) is 2.93. The maximum atomic E-state index is 12.0. The van der Waals surface area contributed by atoms with Gasteiger partial charge in [-0.05, 0) is 30.0 Å². The van der Waals surface area contributed by atoms with Gasteiger partial charge in [0, 0.05) is 38.3 Å². The lowest BCUT2D eigenvalue weighted by atomic mass is 9.96. The molecule has 152 valence electrons. The predicted octanol–water partition coefficient (Wildman–Crippen LogP) is 4.59. The van der Waals surface area contributed by atoms with Crippen molar-refractivity contribution in [3.63, 3.8) is 0 Å². The van der Waals surface area contributed by atoms with Gasteiger partial charge in [-0.3, -0.25) is 4.79 Å². The number of halogens is 1. The van der Waals surface area contributed by atoms with Crippen LogP contribution in [-0.4, -0.2) is 36.5 Å². The molecule has 0 fully saturated rings. The zero-order valence-electron chi connectivity index (χ0n) is 17.8. The van der Waals surface area contributed by atoms with Crippen LogP contribution in [0.5, 0.6) is 0 Å². The quantitative estimate of drug-likeness (QED) is 0.738. The lowest BCUT2D eigenvalue weighted by molar-refractivity contribution is 0.0963. The highest BCUT2D eigenvalue weighted by Crippen LogP contribution is 2.33. The van der Waals surface area contributed by atoms with Gasteiger partial charge < -0.3 is 15.5 Å². The molecule has 1 heterocycles. The molecule has 0 atom stereocenters. The largest absolute Gasteiger partial charge is 0.358 e. The van der Waals surface area contributed by atoms with Gasteiger partial charge in [-0.2, -0.15) is 0 Å². The third-order valence-electron chi connectivity index (χ3n) is 4.25. The number of anilines is 3. The van der Waals surface area contributed by atoms with Gasteiger partial charge in [-0.15, -0.1) is 0 Å². The number of aromatic nitrogens is 2. The Labute approximate surface area is 172 Å². The number of carbonyl (C=O) groups is 1. The van der Waals surface area contributed by atoms with E-state index in [2.05, 4.69) is 46.3 Å². The molecular weight excluding hydrogens is 374 g/mol. The molecule has 2 aromatic rings. The van der Waals surface area contributed by atoms with Crippen molar-refractivity contribution in [2.24, 2.45) is 5.41 Å². The molecule has 6 nitrogen and oxygen atoms in total. The van der Waals surface area contributed by atoms with E-state index in [1.165, 1.54) is 0 Å². The SMILES string of the molecule is CCc1nc(Nc2cc(C(=O)NC)ccc2C)c(Cl)c(N(C)CC(C)(C)C)n1. The van der Waals surface area contributed by atoms with E-state index in [9.17, 15) is 4.79 Å². The second-order valence-electron chi connectivity index (χ2n) is 8.13. The second-order valence-corrected chi connectivity index (χ2v) is 8.51. The second kappa shape index (κ2) is 8.78. The van der Waals surface area contributed by atoms with Gasteiger partial charge in [-0.25, -0.2) is 9.97 Å². The first-order chi connectivity index (χ1) is 13.1. The minimum atomic E-state index is -0.142. The van der Waals surface area contributed by atoms with Crippen LogP contribution in [0.15, 0.2) is 18.2 Å². The molecule has 0 bridgehead atoms. The van der Waals surface area contributed by atoms with Gasteiger partial charge >= 0.3 is 0 Å². The highest BCUT2D eigenvalue weighted by Gasteiger charge is 2.21. The minimum Gasteiger partial charge on any atom is -0.358 e. The van der Waals surface area contributed by atoms with Crippen molar-refractivity contribution in [3.8, 4) is 0 Å². The van der Waals surface area contributed by atoms with E-state index in [0.29, 0.717) is 34.5 Å². The van der Waals surface area contributed by atoms with E-state index < -0.39 is 0 Å². The van der Waals surface area contributed by atoms with Gasteiger partial charge in [0.1, 0.15) is 10.8 Å². The molecule has 0 aliphatic heterocycles. The molecule has 0 spiro atoms. The average Bonchev–Trinajstić information content (AvgIpc) is 2.62. The third kappa shape index (κ3) is 5.35. The highest BCUT2D eigenvalue weighted by molar-refractivity contribution is 6.35. The number of nitrogens with one attached hydrogen (secondary N) is 2. The zero-order chi connectivity index (χ0) is 21.1. The van der Waals surface area contributed by atoms with E-state index >= 15 is 0 Å². The summed E-state index contributed by atoms with van der Waals surface area (Å²) in [5.41, 5.74) is 2.45. The Morgan fingerprint density at radius 2 is 1.93 bits per heavy atom. The lowest BCUT2D eigenvalue weighted by Crippen LogP contribution is -2.30. The summed E-state index contributed by atoms with van der Waals surface area (Å²) in [6, 6.07) is 5.49. The molecule has 0 radical (unpaired) electrons. The van der Waals surface area contributed by atoms with E-state index in [4.69, 9.17) is 11.6 Å². The number of amides is 1. The van der Waals surface area contributed by atoms with Crippen molar-refractivity contribution in [1.82, 2.24) is 15.3 Å². The van der Waals surface area contributed by atoms with Gasteiger partial charge in [-0.1, -0.05) is 45.4 Å². The van der Waals surface area contributed by atoms with Crippen molar-refractivity contribution in [3.05, 3.63) is 40.2 Å². The molecule has 0 saturated heterocycles. The van der Waals surface area contributed by atoms with Gasteiger partial charge in [0.2, 0.25) is 0 Å². The molecule has 0 unspecified atom stereocenters. The van der Waals surface area contributed by atoms with Crippen LogP contribution in [0.4, 0.5) is 17.3 Å².